The Morgan fingerprint density at radius 3 is 2.24 bits per heavy atom. The average Bonchev–Trinajstić information content (AvgIpc) is 2.70. The highest BCUT2D eigenvalue weighted by Crippen LogP contribution is 2.14. The molecule has 1 atom stereocenters. The highest BCUT2D eigenvalue weighted by atomic mass is 16.3. The molecule has 1 saturated heterocycles. The second kappa shape index (κ2) is 6.49. The Hall–Kier alpha value is -2.21. The zero-order valence-electron chi connectivity index (χ0n) is 11.8. The number of fused-ring (bicyclic) bond motifs is 1. The van der Waals surface area contributed by atoms with E-state index >= 15 is 0 Å². The monoisotopic (exact) mass is 290 g/mol. The van der Waals surface area contributed by atoms with Gasteiger partial charge in [-0.15, -0.1) is 0 Å². The molecule has 0 bridgehead atoms. The minimum atomic E-state index is -0.546. The van der Waals surface area contributed by atoms with Gasteiger partial charge in [0.05, 0.1) is 11.1 Å². The Morgan fingerprint density at radius 1 is 1.10 bits per heavy atom. The molecule has 0 aromatic heterocycles. The fourth-order valence-electron chi connectivity index (χ4n) is 2.26. The molecule has 112 valence electrons. The van der Waals surface area contributed by atoms with Crippen molar-refractivity contribution in [1.82, 2.24) is 10.2 Å². The van der Waals surface area contributed by atoms with Crippen molar-refractivity contribution < 1.29 is 19.5 Å². The molecule has 2 N–H and O–H groups in total. The van der Waals surface area contributed by atoms with Gasteiger partial charge >= 0.3 is 0 Å². The van der Waals surface area contributed by atoms with Crippen LogP contribution in [0.2, 0.25) is 0 Å². The fraction of sp³-hybridized carbons (Fsp3) is 0.400. The van der Waals surface area contributed by atoms with Crippen LogP contribution in [0.4, 0.5) is 0 Å². The minimum Gasteiger partial charge on any atom is -0.374 e. The van der Waals surface area contributed by atoms with Crippen molar-refractivity contribution in [2.75, 3.05) is 7.05 Å². The lowest BCUT2D eigenvalue weighted by Gasteiger charge is -2.19. The van der Waals surface area contributed by atoms with Crippen molar-refractivity contribution in [2.24, 2.45) is 0 Å². The number of aliphatic hydroxyl groups is 1. The molecule has 3 amide bonds. The number of amides is 3. The average molecular weight is 290 g/mol. The van der Waals surface area contributed by atoms with Gasteiger partial charge in [-0.3, -0.25) is 19.7 Å². The van der Waals surface area contributed by atoms with Gasteiger partial charge < -0.3 is 10.0 Å². The number of aliphatic hydroxyl groups excluding tert-OH is 1. The maximum atomic E-state index is 11.0. The zero-order valence-corrected chi connectivity index (χ0v) is 11.8. The van der Waals surface area contributed by atoms with Gasteiger partial charge in [-0.25, -0.2) is 0 Å². The van der Waals surface area contributed by atoms with Gasteiger partial charge in [0, 0.05) is 13.5 Å². The lowest BCUT2D eigenvalue weighted by atomic mass is 10.1. The molecular weight excluding hydrogens is 272 g/mol. The molecule has 2 heterocycles. The van der Waals surface area contributed by atoms with Crippen molar-refractivity contribution in [3.05, 3.63) is 35.4 Å². The number of rotatable bonds is 0. The Bertz CT molecular complexity index is 538. The van der Waals surface area contributed by atoms with Gasteiger partial charge in [0.2, 0.25) is 5.91 Å². The van der Waals surface area contributed by atoms with Crippen molar-refractivity contribution in [3.63, 3.8) is 0 Å². The normalized spacial score (nSPS) is 21.1. The Morgan fingerprint density at radius 2 is 1.67 bits per heavy atom. The molecule has 0 spiro atoms. The van der Waals surface area contributed by atoms with Crippen molar-refractivity contribution in [3.8, 4) is 0 Å². The van der Waals surface area contributed by atoms with E-state index in [0.717, 1.165) is 19.3 Å². The number of carbonyl (C=O) groups excluding carboxylic acids is 3. The summed E-state index contributed by atoms with van der Waals surface area (Å²) in [5.41, 5.74) is 0.940. The summed E-state index contributed by atoms with van der Waals surface area (Å²) in [6, 6.07) is 6.74. The number of hydrogen-bond donors (Lipinski definition) is 2. The van der Waals surface area contributed by atoms with E-state index in [0.29, 0.717) is 17.5 Å². The molecule has 6 heteroatoms. The number of likely N-dealkylation sites (tertiary alicyclic amines) is 1. The van der Waals surface area contributed by atoms with E-state index in [1.165, 1.54) is 4.90 Å². The quantitative estimate of drug-likeness (QED) is 0.695. The van der Waals surface area contributed by atoms with Gasteiger partial charge in [-0.1, -0.05) is 12.1 Å². The highest BCUT2D eigenvalue weighted by molar-refractivity contribution is 6.21. The van der Waals surface area contributed by atoms with Crippen LogP contribution in [0.15, 0.2) is 24.3 Å². The molecule has 3 rings (SSSR count). The summed E-state index contributed by atoms with van der Waals surface area (Å²) in [6.45, 7) is 0. The minimum absolute atomic E-state index is 0.0602. The number of hydrogen-bond acceptors (Lipinski definition) is 4. The molecule has 21 heavy (non-hydrogen) atoms. The van der Waals surface area contributed by atoms with Crippen LogP contribution in [0.3, 0.4) is 0 Å². The third-order valence-electron chi connectivity index (χ3n) is 3.59. The molecule has 0 saturated carbocycles. The van der Waals surface area contributed by atoms with Gasteiger partial charge in [-0.05, 0) is 31.4 Å². The first kappa shape index (κ1) is 15.2. The van der Waals surface area contributed by atoms with Gasteiger partial charge in [0.1, 0.15) is 6.23 Å². The molecule has 1 aromatic rings. The maximum Gasteiger partial charge on any atom is 0.258 e. The van der Waals surface area contributed by atoms with Crippen LogP contribution in [-0.4, -0.2) is 41.0 Å². The van der Waals surface area contributed by atoms with Gasteiger partial charge in [0.25, 0.3) is 11.8 Å². The lowest BCUT2D eigenvalue weighted by molar-refractivity contribution is -0.137. The number of nitrogens with one attached hydrogen (secondary N) is 1. The summed E-state index contributed by atoms with van der Waals surface area (Å²) in [7, 11) is 1.65. The second-order valence-corrected chi connectivity index (χ2v) is 5.06. The second-order valence-electron chi connectivity index (χ2n) is 5.06. The largest absolute Gasteiger partial charge is 0.374 e. The van der Waals surface area contributed by atoms with Gasteiger partial charge in [-0.2, -0.15) is 0 Å². The summed E-state index contributed by atoms with van der Waals surface area (Å²) < 4.78 is 0. The van der Waals surface area contributed by atoms with E-state index in [1.807, 2.05) is 0 Å². The van der Waals surface area contributed by atoms with Crippen LogP contribution in [0, 0.1) is 0 Å². The van der Waals surface area contributed by atoms with Crippen LogP contribution < -0.4 is 5.32 Å². The summed E-state index contributed by atoms with van der Waals surface area (Å²) in [5, 5.41) is 11.4. The third kappa shape index (κ3) is 3.46. The Kier molecular flexibility index (Phi) is 4.70. The molecule has 2 aliphatic rings. The first-order valence-corrected chi connectivity index (χ1v) is 6.89. The molecular formula is C15H18N2O4. The smallest absolute Gasteiger partial charge is 0.258 e. The molecule has 2 aliphatic heterocycles. The SMILES string of the molecule is CN1C(=O)CCCCC1O.O=C1NC(=O)c2ccccc21. The lowest BCUT2D eigenvalue weighted by Crippen LogP contribution is -2.34. The van der Waals surface area contributed by atoms with Crippen molar-refractivity contribution >= 4 is 17.7 Å². The molecule has 1 unspecified atom stereocenters. The van der Waals surface area contributed by atoms with Gasteiger partial charge in [0.15, 0.2) is 0 Å². The third-order valence-corrected chi connectivity index (χ3v) is 3.59. The van der Waals surface area contributed by atoms with Crippen LogP contribution in [0.5, 0.6) is 0 Å². The topological polar surface area (TPSA) is 86.7 Å². The van der Waals surface area contributed by atoms with E-state index in [-0.39, 0.29) is 17.7 Å². The standard InChI is InChI=1S/C8H5NO2.C7H13NO2/c10-7-5-3-1-2-4-6(5)8(11)9-7;1-8-6(9)4-2-3-5-7(8)10/h1-4H,(H,9,10,11);6,9H,2-5H2,1H3. The van der Waals surface area contributed by atoms with Crippen LogP contribution in [0.1, 0.15) is 46.4 Å². The van der Waals surface area contributed by atoms with Crippen molar-refractivity contribution in [2.45, 2.75) is 31.9 Å². The highest BCUT2D eigenvalue weighted by Gasteiger charge is 2.25. The molecule has 0 radical (unpaired) electrons. The summed E-state index contributed by atoms with van der Waals surface area (Å²) >= 11 is 0. The summed E-state index contributed by atoms with van der Waals surface area (Å²) in [4.78, 5) is 34.3. The number of nitrogens with zero attached hydrogens (tertiary/aromatic N) is 1. The van der Waals surface area contributed by atoms with E-state index in [9.17, 15) is 19.5 Å². The molecule has 0 aliphatic carbocycles. The summed E-state index contributed by atoms with van der Waals surface area (Å²) in [6.07, 6.45) is 2.64. The first-order chi connectivity index (χ1) is 10.0. The number of carbonyl (C=O) groups is 3. The van der Waals surface area contributed by atoms with Crippen molar-refractivity contribution in [1.29, 1.82) is 0 Å². The van der Waals surface area contributed by atoms with E-state index in [1.54, 1.807) is 31.3 Å². The van der Waals surface area contributed by atoms with E-state index < -0.39 is 6.23 Å². The molecule has 6 nitrogen and oxygen atoms in total. The van der Waals surface area contributed by atoms with Crippen LogP contribution in [-0.2, 0) is 4.79 Å². The fourth-order valence-corrected chi connectivity index (χ4v) is 2.26. The summed E-state index contributed by atoms with van der Waals surface area (Å²) in [5.74, 6) is -0.541. The zero-order chi connectivity index (χ0) is 15.4. The molecule has 1 aromatic carbocycles. The number of benzene rings is 1. The first-order valence-electron chi connectivity index (χ1n) is 6.89. The van der Waals surface area contributed by atoms with Crippen LogP contribution >= 0.6 is 0 Å². The van der Waals surface area contributed by atoms with E-state index in [4.69, 9.17) is 0 Å². The Balaban J connectivity index is 0.000000155. The molecule has 1 fully saturated rings. The Labute approximate surface area is 122 Å². The maximum absolute atomic E-state index is 11.0. The van der Waals surface area contributed by atoms with Crippen LogP contribution in [0.25, 0.3) is 0 Å². The van der Waals surface area contributed by atoms with E-state index in [2.05, 4.69) is 5.32 Å². The predicted octanol–water partition coefficient (Wildman–Crippen LogP) is 0.907. The number of imide groups is 1. The predicted molar refractivity (Wildman–Crippen MR) is 75.5 cm³/mol.